The number of rotatable bonds is 7. The van der Waals surface area contributed by atoms with Crippen LogP contribution in [0.1, 0.15) is 40.9 Å². The lowest BCUT2D eigenvalue weighted by Crippen LogP contribution is -2.42. The van der Waals surface area contributed by atoms with E-state index in [9.17, 15) is 14.3 Å². The van der Waals surface area contributed by atoms with Crippen LogP contribution in [0, 0.1) is 11.3 Å². The number of alkyl halides is 1. The molecule has 186 valence electrons. The number of aromatic nitrogens is 3. The molecule has 37 heavy (non-hydrogen) atoms. The van der Waals surface area contributed by atoms with Crippen molar-refractivity contribution >= 4 is 28.9 Å². The zero-order chi connectivity index (χ0) is 26.2. The minimum absolute atomic E-state index is 0.228. The van der Waals surface area contributed by atoms with Crippen LogP contribution in [0.25, 0.3) is 23.0 Å². The summed E-state index contributed by atoms with van der Waals surface area (Å²) in [7, 11) is 0. The lowest BCUT2D eigenvalue weighted by atomic mass is 10.0. The van der Waals surface area contributed by atoms with E-state index in [1.807, 2.05) is 30.3 Å². The number of benzene rings is 1. The first kappa shape index (κ1) is 24.2. The van der Waals surface area contributed by atoms with Crippen molar-refractivity contribution in [2.75, 3.05) is 11.9 Å². The first-order valence-corrected chi connectivity index (χ1v) is 11.8. The number of nitrogens with one attached hydrogen (secondary N) is 2. The van der Waals surface area contributed by atoms with Crippen molar-refractivity contribution in [2.45, 2.75) is 32.0 Å². The lowest BCUT2D eigenvalue weighted by molar-refractivity contribution is -0.00177. The van der Waals surface area contributed by atoms with Crippen LogP contribution in [-0.4, -0.2) is 43.9 Å². The summed E-state index contributed by atoms with van der Waals surface area (Å²) in [4.78, 5) is 17.5. The molecular weight excluding hydrogens is 471 g/mol. The minimum atomic E-state index is -1.64. The monoisotopic (exact) mass is 496 g/mol. The summed E-state index contributed by atoms with van der Waals surface area (Å²) >= 11 is 0. The standard InChI is InChI=1S/C28H25FN6O2/c1-28(2,37)26(29)16-32-27(36)22-15-31-24(25-9-8-21-10-17(13-30)14-33-35(21)25)12-23(22)34-20-7-6-18-4-3-5-19(18)11-20/h3-4,6-12,14-15,26,37H,5,16H2,1-2H3,(H,31,34)(H,32,36)/t26-/m1/s1. The molecule has 4 aromatic rings. The number of allylic oxidation sites excluding steroid dienone is 1. The van der Waals surface area contributed by atoms with Gasteiger partial charge in [-0.1, -0.05) is 18.2 Å². The predicted molar refractivity (Wildman–Crippen MR) is 139 cm³/mol. The number of hydrogen-bond donors (Lipinski definition) is 3. The van der Waals surface area contributed by atoms with Gasteiger partial charge in [0.1, 0.15) is 12.2 Å². The molecule has 8 nitrogen and oxygen atoms in total. The molecule has 1 aliphatic rings. The Kier molecular flexibility index (Phi) is 6.19. The molecule has 1 amide bonds. The van der Waals surface area contributed by atoms with Gasteiger partial charge >= 0.3 is 0 Å². The Hall–Kier alpha value is -4.55. The van der Waals surface area contributed by atoms with Gasteiger partial charge in [-0.05, 0) is 67.8 Å². The Labute approximate surface area is 213 Å². The molecule has 3 aromatic heterocycles. The van der Waals surface area contributed by atoms with Gasteiger partial charge in [0.25, 0.3) is 5.91 Å². The molecule has 3 N–H and O–H groups in total. The van der Waals surface area contributed by atoms with Gasteiger partial charge in [0.15, 0.2) is 0 Å². The second-order valence-corrected chi connectivity index (χ2v) is 9.50. The number of pyridine rings is 1. The smallest absolute Gasteiger partial charge is 0.255 e. The fourth-order valence-electron chi connectivity index (χ4n) is 4.15. The highest BCUT2D eigenvalue weighted by molar-refractivity contribution is 6.00. The molecule has 0 radical (unpaired) electrons. The average molecular weight is 497 g/mol. The zero-order valence-electron chi connectivity index (χ0n) is 20.4. The third-order valence-electron chi connectivity index (χ3n) is 6.31. The van der Waals surface area contributed by atoms with Crippen molar-refractivity contribution in [1.29, 1.82) is 5.26 Å². The van der Waals surface area contributed by atoms with Crippen molar-refractivity contribution in [1.82, 2.24) is 19.9 Å². The first-order chi connectivity index (χ1) is 17.7. The van der Waals surface area contributed by atoms with Gasteiger partial charge in [-0.15, -0.1) is 0 Å². The van der Waals surface area contributed by atoms with Crippen LogP contribution in [0.4, 0.5) is 15.8 Å². The molecule has 0 spiro atoms. The van der Waals surface area contributed by atoms with Gasteiger partial charge in [0, 0.05) is 11.9 Å². The fourth-order valence-corrected chi connectivity index (χ4v) is 4.15. The van der Waals surface area contributed by atoms with Crippen LogP contribution in [0.2, 0.25) is 0 Å². The Morgan fingerprint density at radius 3 is 2.86 bits per heavy atom. The van der Waals surface area contributed by atoms with E-state index in [1.165, 1.54) is 31.8 Å². The van der Waals surface area contributed by atoms with Gasteiger partial charge in [-0.3, -0.25) is 9.78 Å². The quantitative estimate of drug-likeness (QED) is 0.349. The van der Waals surface area contributed by atoms with Gasteiger partial charge in [-0.2, -0.15) is 10.4 Å². The maximum Gasteiger partial charge on any atom is 0.255 e. The summed E-state index contributed by atoms with van der Waals surface area (Å²) < 4.78 is 16.0. The Morgan fingerprint density at radius 2 is 2.08 bits per heavy atom. The zero-order valence-corrected chi connectivity index (χ0v) is 20.4. The van der Waals surface area contributed by atoms with E-state index in [2.05, 4.69) is 38.9 Å². The second kappa shape index (κ2) is 9.48. The van der Waals surface area contributed by atoms with E-state index in [-0.39, 0.29) is 12.1 Å². The average Bonchev–Trinajstić information content (AvgIpc) is 3.52. The SMILES string of the molecule is CC(C)(O)[C@H](F)CNC(=O)c1cnc(-c2ccc3cc(C#N)cnn23)cc1Nc1ccc2c(c1)CC=C2. The summed E-state index contributed by atoms with van der Waals surface area (Å²) in [6.07, 6.45) is 6.27. The van der Waals surface area contributed by atoms with Crippen molar-refractivity contribution in [3.8, 4) is 17.5 Å². The van der Waals surface area contributed by atoms with E-state index in [1.54, 1.807) is 16.6 Å². The molecule has 0 saturated carbocycles. The fraction of sp³-hybridized carbons (Fsp3) is 0.214. The highest BCUT2D eigenvalue weighted by Gasteiger charge is 2.27. The number of nitriles is 1. The van der Waals surface area contributed by atoms with Crippen molar-refractivity contribution in [2.24, 2.45) is 0 Å². The molecule has 1 atom stereocenters. The molecule has 0 fully saturated rings. The molecule has 9 heteroatoms. The van der Waals surface area contributed by atoms with Crippen molar-refractivity contribution in [3.63, 3.8) is 0 Å². The molecule has 5 rings (SSSR count). The van der Waals surface area contributed by atoms with Gasteiger partial charge < -0.3 is 15.7 Å². The molecule has 1 aliphatic carbocycles. The highest BCUT2D eigenvalue weighted by atomic mass is 19.1. The van der Waals surface area contributed by atoms with E-state index < -0.39 is 17.7 Å². The third kappa shape index (κ3) is 4.92. The van der Waals surface area contributed by atoms with Crippen LogP contribution in [-0.2, 0) is 6.42 Å². The van der Waals surface area contributed by atoms with Crippen LogP contribution in [0.5, 0.6) is 0 Å². The minimum Gasteiger partial charge on any atom is -0.387 e. The molecule has 0 aliphatic heterocycles. The van der Waals surface area contributed by atoms with E-state index in [0.29, 0.717) is 22.6 Å². The molecule has 3 heterocycles. The molecular formula is C28H25FN6O2. The Balaban J connectivity index is 1.51. The second-order valence-electron chi connectivity index (χ2n) is 9.50. The molecule has 0 bridgehead atoms. The van der Waals surface area contributed by atoms with Crippen LogP contribution >= 0.6 is 0 Å². The topological polar surface area (TPSA) is 115 Å². The number of amides is 1. The maximum atomic E-state index is 14.3. The van der Waals surface area contributed by atoms with Crippen LogP contribution in [0.15, 0.2) is 60.9 Å². The largest absolute Gasteiger partial charge is 0.387 e. The first-order valence-electron chi connectivity index (χ1n) is 11.8. The predicted octanol–water partition coefficient (Wildman–Crippen LogP) is 4.42. The van der Waals surface area contributed by atoms with Crippen molar-refractivity contribution in [3.05, 3.63) is 83.2 Å². The van der Waals surface area contributed by atoms with Gasteiger partial charge in [0.2, 0.25) is 0 Å². The Morgan fingerprint density at radius 1 is 1.24 bits per heavy atom. The number of anilines is 2. The number of fused-ring (bicyclic) bond motifs is 2. The number of aliphatic hydroxyl groups is 1. The molecule has 0 unspecified atom stereocenters. The number of carbonyl (C=O) groups excluding carboxylic acids is 1. The molecule has 1 aromatic carbocycles. The van der Waals surface area contributed by atoms with Crippen LogP contribution in [0.3, 0.4) is 0 Å². The summed E-state index contributed by atoms with van der Waals surface area (Å²) in [5, 5.41) is 29.3. The number of carbonyl (C=O) groups is 1. The summed E-state index contributed by atoms with van der Waals surface area (Å²) in [5.41, 5.74) is 4.67. The summed E-state index contributed by atoms with van der Waals surface area (Å²) in [5.74, 6) is -0.520. The van der Waals surface area contributed by atoms with Gasteiger partial charge in [-0.25, -0.2) is 8.91 Å². The van der Waals surface area contributed by atoms with Crippen molar-refractivity contribution < 1.29 is 14.3 Å². The summed E-state index contributed by atoms with van der Waals surface area (Å²) in [6.45, 7) is 2.36. The van der Waals surface area contributed by atoms with E-state index in [0.717, 1.165) is 23.2 Å². The lowest BCUT2D eigenvalue weighted by Gasteiger charge is -2.22. The van der Waals surface area contributed by atoms with E-state index >= 15 is 0 Å². The maximum absolute atomic E-state index is 14.3. The Bertz CT molecular complexity index is 1580. The normalized spacial score (nSPS) is 13.3. The number of hydrogen-bond acceptors (Lipinski definition) is 6. The number of halogens is 1. The third-order valence-corrected chi connectivity index (χ3v) is 6.31. The van der Waals surface area contributed by atoms with E-state index in [4.69, 9.17) is 5.26 Å². The highest BCUT2D eigenvalue weighted by Crippen LogP contribution is 2.30. The van der Waals surface area contributed by atoms with Gasteiger partial charge in [0.05, 0.1) is 52.1 Å². The molecule has 0 saturated heterocycles. The summed E-state index contributed by atoms with van der Waals surface area (Å²) in [6, 6.07) is 15.2. The number of nitrogens with zero attached hydrogens (tertiary/aromatic N) is 4. The van der Waals surface area contributed by atoms with Crippen LogP contribution < -0.4 is 10.6 Å².